The average Bonchev–Trinajstić information content (AvgIpc) is 2.59. The summed E-state index contributed by atoms with van der Waals surface area (Å²) in [6.07, 6.45) is 1.59. The van der Waals surface area contributed by atoms with Gasteiger partial charge in [0.1, 0.15) is 17.3 Å². The standard InChI is InChI=1S/C8H6N4O/c1-13-5-2-3-10-8-7(5)11-6(4-9)12-8/h2-3H,1H3,(H,10,11,12). The third kappa shape index (κ3) is 1.08. The maximum atomic E-state index is 8.59. The minimum atomic E-state index is 0.243. The van der Waals surface area contributed by atoms with Crippen molar-refractivity contribution in [2.75, 3.05) is 7.11 Å². The molecule has 2 aromatic rings. The highest BCUT2D eigenvalue weighted by atomic mass is 16.5. The normalized spacial score (nSPS) is 9.85. The van der Waals surface area contributed by atoms with Crippen LogP contribution in [0.4, 0.5) is 0 Å². The number of methoxy groups -OCH3 is 1. The molecule has 2 aromatic heterocycles. The number of pyridine rings is 1. The van der Waals surface area contributed by atoms with Crippen LogP contribution in [0.5, 0.6) is 5.75 Å². The number of aromatic nitrogens is 3. The second-order valence-corrected chi connectivity index (χ2v) is 2.41. The van der Waals surface area contributed by atoms with Gasteiger partial charge in [-0.1, -0.05) is 0 Å². The predicted molar refractivity (Wildman–Crippen MR) is 45.2 cm³/mol. The summed E-state index contributed by atoms with van der Waals surface area (Å²) in [5, 5.41) is 8.59. The summed E-state index contributed by atoms with van der Waals surface area (Å²) in [4.78, 5) is 10.7. The lowest BCUT2D eigenvalue weighted by atomic mass is 10.4. The zero-order chi connectivity index (χ0) is 9.26. The molecule has 0 aromatic carbocycles. The van der Waals surface area contributed by atoms with E-state index in [1.165, 1.54) is 0 Å². The molecular formula is C8H6N4O. The number of fused-ring (bicyclic) bond motifs is 1. The molecule has 0 spiro atoms. The van der Waals surface area contributed by atoms with E-state index < -0.39 is 0 Å². The van der Waals surface area contributed by atoms with Crippen LogP contribution >= 0.6 is 0 Å². The van der Waals surface area contributed by atoms with Crippen molar-refractivity contribution in [1.82, 2.24) is 15.0 Å². The number of rotatable bonds is 1. The van der Waals surface area contributed by atoms with Crippen molar-refractivity contribution in [3.8, 4) is 11.8 Å². The molecular weight excluding hydrogens is 168 g/mol. The predicted octanol–water partition coefficient (Wildman–Crippen LogP) is 0.838. The van der Waals surface area contributed by atoms with Crippen molar-refractivity contribution in [3.63, 3.8) is 0 Å². The molecule has 0 aliphatic carbocycles. The summed E-state index contributed by atoms with van der Waals surface area (Å²) < 4.78 is 5.06. The third-order valence-electron chi connectivity index (χ3n) is 1.68. The SMILES string of the molecule is COc1ccnc2nc(C#N)[nH]c12. The first kappa shape index (κ1) is 7.55. The molecule has 0 saturated heterocycles. The molecule has 2 rings (SSSR count). The van der Waals surface area contributed by atoms with Gasteiger partial charge in [0.2, 0.25) is 5.82 Å². The van der Waals surface area contributed by atoms with Crippen molar-refractivity contribution < 1.29 is 4.74 Å². The van der Waals surface area contributed by atoms with E-state index in [2.05, 4.69) is 15.0 Å². The van der Waals surface area contributed by atoms with Crippen molar-refractivity contribution >= 4 is 11.2 Å². The fraction of sp³-hybridized carbons (Fsp3) is 0.125. The van der Waals surface area contributed by atoms with E-state index in [1.54, 1.807) is 19.4 Å². The molecule has 5 heteroatoms. The molecule has 64 valence electrons. The fourth-order valence-corrected chi connectivity index (χ4v) is 1.11. The van der Waals surface area contributed by atoms with Crippen molar-refractivity contribution in [2.45, 2.75) is 0 Å². The summed E-state index contributed by atoms with van der Waals surface area (Å²) in [5.41, 5.74) is 1.15. The van der Waals surface area contributed by atoms with Crippen molar-refractivity contribution in [2.24, 2.45) is 0 Å². The van der Waals surface area contributed by atoms with E-state index in [0.29, 0.717) is 16.9 Å². The lowest BCUT2D eigenvalue weighted by molar-refractivity contribution is 0.418. The first-order valence-corrected chi connectivity index (χ1v) is 3.64. The van der Waals surface area contributed by atoms with E-state index in [9.17, 15) is 0 Å². The summed E-state index contributed by atoms with van der Waals surface area (Å²) in [6, 6.07) is 3.62. The van der Waals surface area contributed by atoms with Gasteiger partial charge in [0.25, 0.3) is 0 Å². The van der Waals surface area contributed by atoms with Crippen LogP contribution in [0.25, 0.3) is 11.2 Å². The largest absolute Gasteiger partial charge is 0.494 e. The van der Waals surface area contributed by atoms with Crippen molar-refractivity contribution in [3.05, 3.63) is 18.1 Å². The van der Waals surface area contributed by atoms with Crippen LogP contribution in [-0.2, 0) is 0 Å². The minimum Gasteiger partial charge on any atom is -0.494 e. The summed E-state index contributed by atoms with van der Waals surface area (Å²) in [5.74, 6) is 0.881. The molecule has 2 heterocycles. The molecule has 0 amide bonds. The quantitative estimate of drug-likeness (QED) is 0.695. The maximum Gasteiger partial charge on any atom is 0.212 e. The third-order valence-corrected chi connectivity index (χ3v) is 1.68. The highest BCUT2D eigenvalue weighted by Gasteiger charge is 2.06. The first-order valence-electron chi connectivity index (χ1n) is 3.64. The van der Waals surface area contributed by atoms with E-state index in [4.69, 9.17) is 10.00 Å². The molecule has 1 N–H and O–H groups in total. The molecule has 0 unspecified atom stereocenters. The van der Waals surface area contributed by atoms with Gasteiger partial charge in [-0.15, -0.1) is 0 Å². The van der Waals surface area contributed by atoms with E-state index in [-0.39, 0.29) is 5.82 Å². The van der Waals surface area contributed by atoms with Gasteiger partial charge in [0.05, 0.1) is 7.11 Å². The zero-order valence-electron chi connectivity index (χ0n) is 6.90. The fourth-order valence-electron chi connectivity index (χ4n) is 1.11. The molecule has 5 nitrogen and oxygen atoms in total. The highest BCUT2D eigenvalue weighted by Crippen LogP contribution is 2.20. The number of hydrogen-bond donors (Lipinski definition) is 1. The van der Waals surface area contributed by atoms with Crippen LogP contribution in [0.15, 0.2) is 12.3 Å². The number of ether oxygens (including phenoxy) is 1. The van der Waals surface area contributed by atoms with E-state index >= 15 is 0 Å². The van der Waals surface area contributed by atoms with Gasteiger partial charge in [-0.25, -0.2) is 4.98 Å². The molecule has 0 fully saturated rings. The summed E-state index contributed by atoms with van der Waals surface area (Å²) in [7, 11) is 1.56. The second kappa shape index (κ2) is 2.75. The Labute approximate surface area is 74.0 Å². The van der Waals surface area contributed by atoms with Crippen LogP contribution < -0.4 is 4.74 Å². The summed E-state index contributed by atoms with van der Waals surface area (Å²) >= 11 is 0. The van der Waals surface area contributed by atoms with Gasteiger partial charge >= 0.3 is 0 Å². The van der Waals surface area contributed by atoms with Crippen LogP contribution in [0.2, 0.25) is 0 Å². The van der Waals surface area contributed by atoms with Gasteiger partial charge in [-0.3, -0.25) is 0 Å². The van der Waals surface area contributed by atoms with Gasteiger partial charge in [-0.2, -0.15) is 10.2 Å². The molecule has 0 bridgehead atoms. The van der Waals surface area contributed by atoms with Gasteiger partial charge < -0.3 is 9.72 Å². The number of nitrogens with zero attached hydrogens (tertiary/aromatic N) is 3. The Bertz CT molecular complexity index is 482. The smallest absolute Gasteiger partial charge is 0.212 e. The van der Waals surface area contributed by atoms with Crippen molar-refractivity contribution in [1.29, 1.82) is 5.26 Å². The molecule has 0 atom stereocenters. The second-order valence-electron chi connectivity index (χ2n) is 2.41. The van der Waals surface area contributed by atoms with E-state index in [1.807, 2.05) is 6.07 Å². The molecule has 13 heavy (non-hydrogen) atoms. The summed E-state index contributed by atoms with van der Waals surface area (Å²) in [6.45, 7) is 0. The number of H-pyrrole nitrogens is 1. The van der Waals surface area contributed by atoms with Crippen LogP contribution in [0.3, 0.4) is 0 Å². The van der Waals surface area contributed by atoms with Crippen LogP contribution in [-0.4, -0.2) is 22.1 Å². The Kier molecular flexibility index (Phi) is 1.60. The topological polar surface area (TPSA) is 74.6 Å². The average molecular weight is 174 g/mol. The lowest BCUT2D eigenvalue weighted by Crippen LogP contribution is -1.85. The number of aromatic amines is 1. The number of nitrogens with one attached hydrogen (secondary N) is 1. The number of nitriles is 1. The Morgan fingerprint density at radius 3 is 3.15 bits per heavy atom. The maximum absolute atomic E-state index is 8.59. The molecule has 0 saturated carbocycles. The Hall–Kier alpha value is -2.09. The Balaban J connectivity index is 2.76. The van der Waals surface area contributed by atoms with E-state index in [0.717, 1.165) is 0 Å². The van der Waals surface area contributed by atoms with Crippen LogP contribution in [0, 0.1) is 11.3 Å². The van der Waals surface area contributed by atoms with Gasteiger partial charge in [0, 0.05) is 12.3 Å². The Morgan fingerprint density at radius 2 is 2.46 bits per heavy atom. The molecule has 0 aliphatic rings. The van der Waals surface area contributed by atoms with Crippen LogP contribution in [0.1, 0.15) is 5.82 Å². The molecule has 0 radical (unpaired) electrons. The zero-order valence-corrected chi connectivity index (χ0v) is 6.90. The molecule has 0 aliphatic heterocycles. The number of imidazole rings is 1. The minimum absolute atomic E-state index is 0.243. The highest BCUT2D eigenvalue weighted by molar-refractivity contribution is 5.78. The van der Waals surface area contributed by atoms with Gasteiger partial charge in [-0.05, 0) is 0 Å². The monoisotopic (exact) mass is 174 g/mol. The Morgan fingerprint density at radius 1 is 1.62 bits per heavy atom. The first-order chi connectivity index (χ1) is 6.35. The van der Waals surface area contributed by atoms with Gasteiger partial charge in [0.15, 0.2) is 5.65 Å². The lowest BCUT2D eigenvalue weighted by Gasteiger charge is -1.97. The number of hydrogen-bond acceptors (Lipinski definition) is 4.